The standard InChI is InChI=1S/C8H11FN2/c1-6-3-2-4-11-8(6)7(9)5-10/h2-4,7H,5,10H2,1H3. The van der Waals surface area contributed by atoms with Gasteiger partial charge in [0.2, 0.25) is 0 Å². The molecule has 0 bridgehead atoms. The molecule has 2 N–H and O–H groups in total. The zero-order valence-electron chi connectivity index (χ0n) is 6.42. The smallest absolute Gasteiger partial charge is 0.154 e. The molecule has 0 amide bonds. The quantitative estimate of drug-likeness (QED) is 0.698. The van der Waals surface area contributed by atoms with Crippen LogP contribution in [0.25, 0.3) is 0 Å². The lowest BCUT2D eigenvalue weighted by Crippen LogP contribution is -2.10. The van der Waals surface area contributed by atoms with Gasteiger partial charge in [0, 0.05) is 12.7 Å². The van der Waals surface area contributed by atoms with Crippen LogP contribution < -0.4 is 5.73 Å². The number of rotatable bonds is 2. The molecular formula is C8H11FN2. The molecule has 0 aliphatic carbocycles. The summed E-state index contributed by atoms with van der Waals surface area (Å²) in [5, 5.41) is 0. The third-order valence-electron chi connectivity index (χ3n) is 1.55. The molecule has 2 nitrogen and oxygen atoms in total. The molecule has 0 aliphatic heterocycles. The van der Waals surface area contributed by atoms with Gasteiger partial charge in [-0.1, -0.05) is 6.07 Å². The van der Waals surface area contributed by atoms with Gasteiger partial charge in [-0.05, 0) is 18.6 Å². The SMILES string of the molecule is Cc1cccnc1C(F)CN. The molecule has 1 aromatic heterocycles. The highest BCUT2D eigenvalue weighted by atomic mass is 19.1. The summed E-state index contributed by atoms with van der Waals surface area (Å²) in [4.78, 5) is 3.89. The summed E-state index contributed by atoms with van der Waals surface area (Å²) >= 11 is 0. The summed E-state index contributed by atoms with van der Waals surface area (Å²) < 4.78 is 12.9. The van der Waals surface area contributed by atoms with Gasteiger partial charge in [-0.25, -0.2) is 4.39 Å². The average Bonchev–Trinajstić information content (AvgIpc) is 2.04. The highest BCUT2D eigenvalue weighted by Gasteiger charge is 2.10. The molecular weight excluding hydrogens is 143 g/mol. The zero-order chi connectivity index (χ0) is 8.27. The summed E-state index contributed by atoms with van der Waals surface area (Å²) in [6, 6.07) is 3.60. The molecule has 1 rings (SSSR count). The maximum absolute atomic E-state index is 12.9. The molecule has 0 saturated carbocycles. The van der Waals surface area contributed by atoms with Gasteiger partial charge >= 0.3 is 0 Å². The van der Waals surface area contributed by atoms with E-state index in [9.17, 15) is 4.39 Å². The zero-order valence-corrected chi connectivity index (χ0v) is 6.42. The van der Waals surface area contributed by atoms with E-state index < -0.39 is 6.17 Å². The van der Waals surface area contributed by atoms with Crippen molar-refractivity contribution in [2.24, 2.45) is 5.73 Å². The molecule has 0 saturated heterocycles. The first-order valence-corrected chi connectivity index (χ1v) is 3.51. The Labute approximate surface area is 65.3 Å². The minimum Gasteiger partial charge on any atom is -0.327 e. The first kappa shape index (κ1) is 8.14. The third kappa shape index (κ3) is 1.74. The minimum atomic E-state index is -1.13. The molecule has 1 unspecified atom stereocenters. The normalized spacial score (nSPS) is 13.0. The summed E-state index contributed by atoms with van der Waals surface area (Å²) in [6.07, 6.45) is 0.445. The molecule has 1 aromatic rings. The largest absolute Gasteiger partial charge is 0.327 e. The third-order valence-corrected chi connectivity index (χ3v) is 1.55. The average molecular weight is 154 g/mol. The summed E-state index contributed by atoms with van der Waals surface area (Å²) in [5.74, 6) is 0. The number of halogens is 1. The second-order valence-electron chi connectivity index (χ2n) is 2.41. The molecule has 11 heavy (non-hydrogen) atoms. The highest BCUT2D eigenvalue weighted by Crippen LogP contribution is 2.16. The van der Waals surface area contributed by atoms with Crippen LogP contribution in [0.2, 0.25) is 0 Å². The number of hydrogen-bond acceptors (Lipinski definition) is 2. The van der Waals surface area contributed by atoms with Crippen LogP contribution in [-0.2, 0) is 0 Å². The number of aryl methyl sites for hydroxylation is 1. The number of pyridine rings is 1. The minimum absolute atomic E-state index is 0.00213. The van der Waals surface area contributed by atoms with Crippen molar-refractivity contribution in [3.05, 3.63) is 29.6 Å². The van der Waals surface area contributed by atoms with Crippen LogP contribution in [-0.4, -0.2) is 11.5 Å². The first-order valence-electron chi connectivity index (χ1n) is 3.51. The number of aromatic nitrogens is 1. The van der Waals surface area contributed by atoms with Crippen LogP contribution in [0.3, 0.4) is 0 Å². The molecule has 0 spiro atoms. The van der Waals surface area contributed by atoms with Crippen LogP contribution in [0, 0.1) is 6.92 Å². The predicted octanol–water partition coefficient (Wildman–Crippen LogP) is 1.36. The predicted molar refractivity (Wildman–Crippen MR) is 41.9 cm³/mol. The lowest BCUT2D eigenvalue weighted by Gasteiger charge is -2.06. The Morgan fingerprint density at radius 1 is 1.73 bits per heavy atom. The molecule has 1 atom stereocenters. The number of alkyl halides is 1. The Balaban J connectivity index is 2.93. The van der Waals surface area contributed by atoms with Crippen molar-refractivity contribution in [1.82, 2.24) is 4.98 Å². The van der Waals surface area contributed by atoms with Crippen molar-refractivity contribution in [2.45, 2.75) is 13.1 Å². The van der Waals surface area contributed by atoms with E-state index >= 15 is 0 Å². The maximum Gasteiger partial charge on any atom is 0.154 e. The summed E-state index contributed by atoms with van der Waals surface area (Å²) in [5.41, 5.74) is 6.46. The van der Waals surface area contributed by atoms with E-state index in [1.807, 2.05) is 13.0 Å². The van der Waals surface area contributed by atoms with E-state index in [4.69, 9.17) is 5.73 Å². The molecule has 0 fully saturated rings. The molecule has 3 heteroatoms. The van der Waals surface area contributed by atoms with E-state index in [0.29, 0.717) is 5.69 Å². The topological polar surface area (TPSA) is 38.9 Å². The van der Waals surface area contributed by atoms with Crippen LogP contribution in [0.4, 0.5) is 4.39 Å². The first-order chi connectivity index (χ1) is 5.25. The van der Waals surface area contributed by atoms with E-state index in [-0.39, 0.29) is 6.54 Å². The fourth-order valence-electron chi connectivity index (χ4n) is 0.937. The molecule has 0 radical (unpaired) electrons. The van der Waals surface area contributed by atoms with Crippen LogP contribution in [0.1, 0.15) is 17.4 Å². The fourth-order valence-corrected chi connectivity index (χ4v) is 0.937. The van der Waals surface area contributed by atoms with Crippen LogP contribution in [0.15, 0.2) is 18.3 Å². The second kappa shape index (κ2) is 3.44. The van der Waals surface area contributed by atoms with Crippen molar-refractivity contribution in [2.75, 3.05) is 6.54 Å². The maximum atomic E-state index is 12.9. The van der Waals surface area contributed by atoms with Crippen molar-refractivity contribution >= 4 is 0 Å². The Kier molecular flexibility index (Phi) is 2.54. The monoisotopic (exact) mass is 154 g/mol. The molecule has 0 aliphatic rings. The van der Waals surface area contributed by atoms with Crippen molar-refractivity contribution in [3.8, 4) is 0 Å². The number of nitrogens with two attached hydrogens (primary N) is 1. The highest BCUT2D eigenvalue weighted by molar-refractivity contribution is 5.19. The lowest BCUT2D eigenvalue weighted by atomic mass is 10.1. The Morgan fingerprint density at radius 3 is 3.00 bits per heavy atom. The van der Waals surface area contributed by atoms with E-state index in [0.717, 1.165) is 5.56 Å². The molecule has 1 heterocycles. The van der Waals surface area contributed by atoms with Crippen molar-refractivity contribution < 1.29 is 4.39 Å². The van der Waals surface area contributed by atoms with E-state index in [2.05, 4.69) is 4.98 Å². The van der Waals surface area contributed by atoms with Crippen LogP contribution in [0.5, 0.6) is 0 Å². The lowest BCUT2D eigenvalue weighted by molar-refractivity contribution is 0.343. The van der Waals surface area contributed by atoms with Gasteiger partial charge in [0.15, 0.2) is 6.17 Å². The molecule has 0 aromatic carbocycles. The van der Waals surface area contributed by atoms with Gasteiger partial charge in [0.05, 0.1) is 5.69 Å². The number of hydrogen-bond donors (Lipinski definition) is 1. The Morgan fingerprint density at radius 2 is 2.45 bits per heavy atom. The summed E-state index contributed by atoms with van der Waals surface area (Å²) in [6.45, 7) is 1.82. The Bertz CT molecular complexity index is 237. The fraction of sp³-hybridized carbons (Fsp3) is 0.375. The van der Waals surface area contributed by atoms with Gasteiger partial charge in [-0.2, -0.15) is 0 Å². The van der Waals surface area contributed by atoms with Gasteiger partial charge in [0.25, 0.3) is 0 Å². The van der Waals surface area contributed by atoms with Crippen molar-refractivity contribution in [3.63, 3.8) is 0 Å². The van der Waals surface area contributed by atoms with Crippen LogP contribution >= 0.6 is 0 Å². The molecule has 60 valence electrons. The Hall–Kier alpha value is -0.960. The van der Waals surface area contributed by atoms with Gasteiger partial charge in [0.1, 0.15) is 0 Å². The second-order valence-corrected chi connectivity index (χ2v) is 2.41. The van der Waals surface area contributed by atoms with E-state index in [1.165, 1.54) is 0 Å². The van der Waals surface area contributed by atoms with Gasteiger partial charge in [-0.15, -0.1) is 0 Å². The summed E-state index contributed by atoms with van der Waals surface area (Å²) in [7, 11) is 0. The van der Waals surface area contributed by atoms with E-state index in [1.54, 1.807) is 12.3 Å². The van der Waals surface area contributed by atoms with Crippen molar-refractivity contribution in [1.29, 1.82) is 0 Å². The van der Waals surface area contributed by atoms with Gasteiger partial charge in [-0.3, -0.25) is 4.98 Å². The number of nitrogens with zero attached hydrogens (tertiary/aromatic N) is 1. The van der Waals surface area contributed by atoms with Gasteiger partial charge < -0.3 is 5.73 Å².